The fourth-order valence-corrected chi connectivity index (χ4v) is 3.08. The Labute approximate surface area is 111 Å². The van der Waals surface area contributed by atoms with Crippen molar-refractivity contribution in [1.29, 1.82) is 0 Å². The van der Waals surface area contributed by atoms with Gasteiger partial charge in [-0.2, -0.15) is 0 Å². The molecule has 1 heterocycles. The maximum Gasteiger partial charge on any atom is 0.0399 e. The van der Waals surface area contributed by atoms with Gasteiger partial charge in [-0.3, -0.25) is 0 Å². The van der Waals surface area contributed by atoms with Crippen LogP contribution in [0.4, 0.5) is 5.69 Å². The SMILES string of the molecule is CCCC(CN)CN1CC(C)Cc2ccccc21. The molecule has 2 rings (SSSR count). The van der Waals surface area contributed by atoms with Crippen LogP contribution in [0, 0.1) is 11.8 Å². The molecular weight excluding hydrogens is 220 g/mol. The van der Waals surface area contributed by atoms with E-state index in [0.29, 0.717) is 5.92 Å². The van der Waals surface area contributed by atoms with E-state index in [1.54, 1.807) is 0 Å². The van der Waals surface area contributed by atoms with Gasteiger partial charge in [0, 0.05) is 18.8 Å². The highest BCUT2D eigenvalue weighted by atomic mass is 15.1. The van der Waals surface area contributed by atoms with Crippen molar-refractivity contribution < 1.29 is 0 Å². The first-order chi connectivity index (χ1) is 8.74. The summed E-state index contributed by atoms with van der Waals surface area (Å²) in [6.07, 6.45) is 3.68. The molecule has 0 spiro atoms. The minimum atomic E-state index is 0.633. The Bertz CT molecular complexity index is 375. The van der Waals surface area contributed by atoms with Crippen molar-refractivity contribution in [3.8, 4) is 0 Å². The zero-order valence-corrected chi connectivity index (χ0v) is 11.7. The number of nitrogens with two attached hydrogens (primary N) is 1. The Morgan fingerprint density at radius 2 is 2.17 bits per heavy atom. The van der Waals surface area contributed by atoms with E-state index in [9.17, 15) is 0 Å². The molecule has 18 heavy (non-hydrogen) atoms. The average Bonchev–Trinajstić information content (AvgIpc) is 2.38. The summed E-state index contributed by atoms with van der Waals surface area (Å²) in [5.41, 5.74) is 8.84. The van der Waals surface area contributed by atoms with Crippen molar-refractivity contribution in [3.05, 3.63) is 29.8 Å². The number of para-hydroxylation sites is 1. The number of fused-ring (bicyclic) bond motifs is 1. The molecule has 2 unspecified atom stereocenters. The van der Waals surface area contributed by atoms with Crippen LogP contribution in [0.3, 0.4) is 0 Å². The Morgan fingerprint density at radius 1 is 1.39 bits per heavy atom. The van der Waals surface area contributed by atoms with Gasteiger partial charge in [-0.05, 0) is 42.9 Å². The number of nitrogens with zero attached hydrogens (tertiary/aromatic N) is 1. The molecular formula is C16H26N2. The van der Waals surface area contributed by atoms with Gasteiger partial charge in [-0.1, -0.05) is 38.5 Å². The maximum absolute atomic E-state index is 5.90. The van der Waals surface area contributed by atoms with Crippen LogP contribution in [0.5, 0.6) is 0 Å². The predicted molar refractivity (Wildman–Crippen MR) is 79.0 cm³/mol. The summed E-state index contributed by atoms with van der Waals surface area (Å²) in [7, 11) is 0. The van der Waals surface area contributed by atoms with E-state index in [1.807, 2.05) is 0 Å². The first-order valence-electron chi connectivity index (χ1n) is 7.27. The number of hydrogen-bond acceptors (Lipinski definition) is 2. The molecule has 0 amide bonds. The van der Waals surface area contributed by atoms with E-state index >= 15 is 0 Å². The van der Waals surface area contributed by atoms with Crippen molar-refractivity contribution in [2.75, 3.05) is 24.5 Å². The van der Waals surface area contributed by atoms with Gasteiger partial charge in [0.05, 0.1) is 0 Å². The van der Waals surface area contributed by atoms with Crippen LogP contribution in [-0.4, -0.2) is 19.6 Å². The van der Waals surface area contributed by atoms with E-state index < -0.39 is 0 Å². The lowest BCUT2D eigenvalue weighted by molar-refractivity contribution is 0.447. The highest BCUT2D eigenvalue weighted by Gasteiger charge is 2.22. The lowest BCUT2D eigenvalue weighted by atomic mass is 9.92. The van der Waals surface area contributed by atoms with E-state index in [4.69, 9.17) is 5.73 Å². The lowest BCUT2D eigenvalue weighted by Gasteiger charge is -2.37. The van der Waals surface area contributed by atoms with Crippen molar-refractivity contribution in [2.45, 2.75) is 33.1 Å². The number of rotatable bonds is 5. The number of anilines is 1. The van der Waals surface area contributed by atoms with Gasteiger partial charge < -0.3 is 10.6 Å². The summed E-state index contributed by atoms with van der Waals surface area (Å²) >= 11 is 0. The van der Waals surface area contributed by atoms with Crippen LogP contribution in [-0.2, 0) is 6.42 Å². The minimum Gasteiger partial charge on any atom is -0.371 e. The highest BCUT2D eigenvalue weighted by molar-refractivity contribution is 5.55. The van der Waals surface area contributed by atoms with Gasteiger partial charge in [-0.25, -0.2) is 0 Å². The van der Waals surface area contributed by atoms with Crippen LogP contribution in [0.25, 0.3) is 0 Å². The zero-order chi connectivity index (χ0) is 13.0. The van der Waals surface area contributed by atoms with E-state index in [0.717, 1.165) is 19.0 Å². The Balaban J connectivity index is 2.13. The van der Waals surface area contributed by atoms with Crippen LogP contribution in [0.15, 0.2) is 24.3 Å². The molecule has 0 saturated heterocycles. The summed E-state index contributed by atoms with van der Waals surface area (Å²) < 4.78 is 0. The van der Waals surface area contributed by atoms with Gasteiger partial charge in [0.25, 0.3) is 0 Å². The van der Waals surface area contributed by atoms with Gasteiger partial charge in [-0.15, -0.1) is 0 Å². The summed E-state index contributed by atoms with van der Waals surface area (Å²) in [5.74, 6) is 1.38. The van der Waals surface area contributed by atoms with Crippen LogP contribution in [0.1, 0.15) is 32.3 Å². The lowest BCUT2D eigenvalue weighted by Crippen LogP contribution is -2.39. The predicted octanol–water partition coefficient (Wildman–Crippen LogP) is 3.06. The molecule has 0 saturated carbocycles. The summed E-state index contributed by atoms with van der Waals surface area (Å²) in [4.78, 5) is 2.55. The zero-order valence-electron chi connectivity index (χ0n) is 11.7. The molecule has 2 atom stereocenters. The third-order valence-electron chi connectivity index (χ3n) is 3.94. The molecule has 0 aliphatic carbocycles. The molecule has 0 bridgehead atoms. The Kier molecular flexibility index (Phi) is 4.65. The molecule has 0 fully saturated rings. The molecule has 2 heteroatoms. The molecule has 2 nitrogen and oxygen atoms in total. The smallest absolute Gasteiger partial charge is 0.0399 e. The second kappa shape index (κ2) is 6.24. The monoisotopic (exact) mass is 246 g/mol. The first kappa shape index (κ1) is 13.4. The normalized spacial score (nSPS) is 20.6. The average molecular weight is 246 g/mol. The first-order valence-corrected chi connectivity index (χ1v) is 7.27. The van der Waals surface area contributed by atoms with Crippen LogP contribution >= 0.6 is 0 Å². The van der Waals surface area contributed by atoms with E-state index in [-0.39, 0.29) is 0 Å². The largest absolute Gasteiger partial charge is 0.371 e. The maximum atomic E-state index is 5.90. The summed E-state index contributed by atoms with van der Waals surface area (Å²) in [6, 6.07) is 8.84. The number of hydrogen-bond donors (Lipinski definition) is 1. The summed E-state index contributed by atoms with van der Waals surface area (Å²) in [5, 5.41) is 0. The Hall–Kier alpha value is -1.02. The van der Waals surface area contributed by atoms with Crippen molar-refractivity contribution in [2.24, 2.45) is 17.6 Å². The third-order valence-corrected chi connectivity index (χ3v) is 3.94. The second-order valence-electron chi connectivity index (χ2n) is 5.73. The van der Waals surface area contributed by atoms with Crippen molar-refractivity contribution in [3.63, 3.8) is 0 Å². The number of benzene rings is 1. The fourth-order valence-electron chi connectivity index (χ4n) is 3.08. The van der Waals surface area contributed by atoms with Crippen LogP contribution < -0.4 is 10.6 Å². The molecule has 0 radical (unpaired) electrons. The Morgan fingerprint density at radius 3 is 2.89 bits per heavy atom. The molecule has 100 valence electrons. The van der Waals surface area contributed by atoms with E-state index in [1.165, 1.54) is 37.1 Å². The molecule has 1 aliphatic rings. The minimum absolute atomic E-state index is 0.633. The van der Waals surface area contributed by atoms with Crippen LogP contribution in [0.2, 0.25) is 0 Å². The summed E-state index contributed by atoms with van der Waals surface area (Å²) in [6.45, 7) is 7.69. The molecule has 0 aromatic heterocycles. The highest BCUT2D eigenvalue weighted by Crippen LogP contribution is 2.30. The quantitative estimate of drug-likeness (QED) is 0.865. The van der Waals surface area contributed by atoms with Gasteiger partial charge in [0.2, 0.25) is 0 Å². The van der Waals surface area contributed by atoms with Gasteiger partial charge in [0.15, 0.2) is 0 Å². The third kappa shape index (κ3) is 3.05. The molecule has 1 aromatic carbocycles. The standard InChI is InChI=1S/C16H26N2/c1-3-6-14(10-17)12-18-11-13(2)9-15-7-4-5-8-16(15)18/h4-5,7-8,13-14H,3,6,9-12,17H2,1-2H3. The molecule has 1 aliphatic heterocycles. The molecule has 1 aromatic rings. The fraction of sp³-hybridized carbons (Fsp3) is 0.625. The van der Waals surface area contributed by atoms with Crippen molar-refractivity contribution >= 4 is 5.69 Å². The topological polar surface area (TPSA) is 29.3 Å². The van der Waals surface area contributed by atoms with Crippen molar-refractivity contribution in [1.82, 2.24) is 0 Å². The van der Waals surface area contributed by atoms with Gasteiger partial charge in [0.1, 0.15) is 0 Å². The molecule has 2 N–H and O–H groups in total. The second-order valence-corrected chi connectivity index (χ2v) is 5.73. The van der Waals surface area contributed by atoms with E-state index in [2.05, 4.69) is 43.0 Å². The van der Waals surface area contributed by atoms with Gasteiger partial charge >= 0.3 is 0 Å².